The van der Waals surface area contributed by atoms with Crippen LogP contribution in [0.3, 0.4) is 0 Å². The molecule has 2 heterocycles. The van der Waals surface area contributed by atoms with E-state index in [0.29, 0.717) is 12.0 Å². The zero-order chi connectivity index (χ0) is 21.2. The number of benzene rings is 1. The number of sulfone groups is 1. The third kappa shape index (κ3) is 5.64. The van der Waals surface area contributed by atoms with Gasteiger partial charge in [-0.25, -0.2) is 23.5 Å². The molecule has 12 heteroatoms. The molecule has 0 bridgehead atoms. The van der Waals surface area contributed by atoms with Gasteiger partial charge in [-0.3, -0.25) is 10.2 Å². The zero-order valence-electron chi connectivity index (χ0n) is 15.3. The largest absolute Gasteiger partial charge is 0.416 e. The Bertz CT molecular complexity index is 1050. The van der Waals surface area contributed by atoms with Crippen LogP contribution in [0.4, 0.5) is 13.2 Å². The van der Waals surface area contributed by atoms with E-state index in [-0.39, 0.29) is 28.9 Å². The number of halogens is 3. The molecule has 1 aliphatic heterocycles. The summed E-state index contributed by atoms with van der Waals surface area (Å²) >= 11 is 0. The van der Waals surface area contributed by atoms with Gasteiger partial charge in [-0.05, 0) is 37.1 Å². The highest BCUT2D eigenvalue weighted by Gasteiger charge is 2.31. The monoisotopic (exact) mass is 429 g/mol. The van der Waals surface area contributed by atoms with Crippen molar-refractivity contribution in [1.29, 1.82) is 0 Å². The molecule has 2 N–H and O–H groups in total. The molecule has 3 rings (SSSR count). The Labute approximate surface area is 164 Å². The van der Waals surface area contributed by atoms with Gasteiger partial charge in [-0.15, -0.1) is 5.10 Å². The fraction of sp³-hybridized carbons (Fsp3) is 0.353. The molecular formula is C17H18F3N5O3S. The van der Waals surface area contributed by atoms with Crippen molar-refractivity contribution in [2.45, 2.75) is 25.6 Å². The Morgan fingerprint density at radius 1 is 1.31 bits per heavy atom. The third-order valence-electron chi connectivity index (χ3n) is 4.18. The first kappa shape index (κ1) is 21.0. The van der Waals surface area contributed by atoms with E-state index >= 15 is 0 Å². The molecule has 156 valence electrons. The molecule has 2 aromatic rings. The van der Waals surface area contributed by atoms with Crippen molar-refractivity contribution in [2.75, 3.05) is 11.5 Å². The van der Waals surface area contributed by atoms with Crippen LogP contribution in [0.15, 0.2) is 30.6 Å². The summed E-state index contributed by atoms with van der Waals surface area (Å²) in [5.74, 6) is -0.424. The third-order valence-corrected chi connectivity index (χ3v) is 5.95. The van der Waals surface area contributed by atoms with Gasteiger partial charge in [-0.2, -0.15) is 13.2 Å². The van der Waals surface area contributed by atoms with Gasteiger partial charge in [0.2, 0.25) is 0 Å². The van der Waals surface area contributed by atoms with Crippen LogP contribution < -0.4 is 10.9 Å². The van der Waals surface area contributed by atoms with Crippen LogP contribution in [0.1, 0.15) is 17.5 Å². The standard InChI is InChI=1S/C17H18F3N5O3S/c1-11-6-12(8-13(7-11)17(18,19)20)16-21-10-25(24-16)4-2-15(26)23-22-14-3-5-29(27,28)9-14/h2,4,6-8,10,14,22H,3,5,9H2,1H3,(H,23,26)/b4-2-. The highest BCUT2D eigenvalue weighted by Crippen LogP contribution is 2.32. The summed E-state index contributed by atoms with van der Waals surface area (Å²) in [4.78, 5) is 15.8. The Balaban J connectivity index is 1.63. The van der Waals surface area contributed by atoms with Crippen molar-refractivity contribution in [1.82, 2.24) is 25.6 Å². The van der Waals surface area contributed by atoms with E-state index in [1.54, 1.807) is 6.92 Å². The Morgan fingerprint density at radius 2 is 2.07 bits per heavy atom. The molecular weight excluding hydrogens is 411 g/mol. The second-order valence-electron chi connectivity index (χ2n) is 6.68. The van der Waals surface area contributed by atoms with Crippen molar-refractivity contribution in [3.63, 3.8) is 0 Å². The summed E-state index contributed by atoms with van der Waals surface area (Å²) in [7, 11) is -3.06. The van der Waals surface area contributed by atoms with Crippen LogP contribution in [-0.2, 0) is 20.8 Å². The number of nitrogens with zero attached hydrogens (tertiary/aromatic N) is 3. The molecule has 1 aromatic carbocycles. The van der Waals surface area contributed by atoms with E-state index in [4.69, 9.17) is 0 Å². The van der Waals surface area contributed by atoms with Crippen LogP contribution in [0.25, 0.3) is 17.6 Å². The fourth-order valence-electron chi connectivity index (χ4n) is 2.82. The first-order chi connectivity index (χ1) is 13.5. The lowest BCUT2D eigenvalue weighted by Gasteiger charge is -2.10. The smallest absolute Gasteiger partial charge is 0.288 e. The van der Waals surface area contributed by atoms with Gasteiger partial charge in [0.05, 0.1) is 17.1 Å². The molecule has 8 nitrogen and oxygen atoms in total. The van der Waals surface area contributed by atoms with Gasteiger partial charge in [-0.1, -0.05) is 0 Å². The summed E-state index contributed by atoms with van der Waals surface area (Å²) in [6, 6.07) is 3.18. The number of hydrogen-bond acceptors (Lipinski definition) is 6. The minimum absolute atomic E-state index is 0.0418. The average Bonchev–Trinajstić information content (AvgIpc) is 3.23. The van der Waals surface area contributed by atoms with Gasteiger partial charge in [0.25, 0.3) is 5.91 Å². The molecule has 1 aliphatic rings. The fourth-order valence-corrected chi connectivity index (χ4v) is 4.50. The minimum atomic E-state index is -4.48. The Hall–Kier alpha value is -2.73. The summed E-state index contributed by atoms with van der Waals surface area (Å²) in [6.07, 6.45) is -0.403. The Kier molecular flexibility index (Phi) is 5.75. The molecule has 1 amide bonds. The zero-order valence-corrected chi connectivity index (χ0v) is 16.1. The number of aromatic nitrogens is 3. The van der Waals surface area contributed by atoms with Crippen molar-refractivity contribution in [2.24, 2.45) is 0 Å². The second-order valence-corrected chi connectivity index (χ2v) is 8.91. The lowest BCUT2D eigenvalue weighted by Crippen LogP contribution is -2.44. The molecule has 1 atom stereocenters. The van der Waals surface area contributed by atoms with E-state index in [9.17, 15) is 26.4 Å². The van der Waals surface area contributed by atoms with Crippen molar-refractivity contribution >= 4 is 21.9 Å². The summed E-state index contributed by atoms with van der Waals surface area (Å²) in [6.45, 7) is 1.54. The number of rotatable bonds is 5. The topological polar surface area (TPSA) is 106 Å². The number of hydrogen-bond donors (Lipinski definition) is 2. The highest BCUT2D eigenvalue weighted by molar-refractivity contribution is 7.91. The van der Waals surface area contributed by atoms with E-state index in [1.165, 1.54) is 23.3 Å². The first-order valence-corrected chi connectivity index (χ1v) is 10.4. The van der Waals surface area contributed by atoms with Gasteiger partial charge < -0.3 is 0 Å². The van der Waals surface area contributed by atoms with E-state index in [2.05, 4.69) is 20.9 Å². The van der Waals surface area contributed by atoms with Gasteiger partial charge in [0.15, 0.2) is 15.7 Å². The second kappa shape index (κ2) is 7.95. The van der Waals surface area contributed by atoms with E-state index in [0.717, 1.165) is 18.2 Å². The molecule has 1 aromatic heterocycles. The van der Waals surface area contributed by atoms with Gasteiger partial charge in [0.1, 0.15) is 6.33 Å². The maximum absolute atomic E-state index is 13.0. The summed E-state index contributed by atoms with van der Waals surface area (Å²) in [5.41, 5.74) is 4.86. The molecule has 1 fully saturated rings. The van der Waals surface area contributed by atoms with Crippen LogP contribution in [-0.4, -0.2) is 46.6 Å². The van der Waals surface area contributed by atoms with Crippen LogP contribution in [0.2, 0.25) is 0 Å². The first-order valence-electron chi connectivity index (χ1n) is 8.56. The highest BCUT2D eigenvalue weighted by atomic mass is 32.2. The van der Waals surface area contributed by atoms with E-state index < -0.39 is 27.5 Å². The predicted octanol–water partition coefficient (Wildman–Crippen LogP) is 1.55. The Morgan fingerprint density at radius 3 is 2.72 bits per heavy atom. The van der Waals surface area contributed by atoms with Crippen molar-refractivity contribution in [3.05, 3.63) is 41.7 Å². The van der Waals surface area contributed by atoms with Crippen molar-refractivity contribution in [3.8, 4) is 11.4 Å². The minimum Gasteiger partial charge on any atom is -0.288 e. The normalized spacial score (nSPS) is 19.0. The average molecular weight is 429 g/mol. The molecule has 1 unspecified atom stereocenters. The molecule has 0 saturated carbocycles. The lowest BCUT2D eigenvalue weighted by molar-refractivity contribution is -0.137. The van der Waals surface area contributed by atoms with Gasteiger partial charge >= 0.3 is 6.18 Å². The molecule has 1 saturated heterocycles. The number of aryl methyl sites for hydroxylation is 1. The number of nitrogens with one attached hydrogen (secondary N) is 2. The maximum atomic E-state index is 13.0. The number of carbonyl (C=O) groups excluding carboxylic acids is 1. The SMILES string of the molecule is Cc1cc(-c2ncn(/C=C\C(=O)NNC3CCS(=O)(=O)C3)n2)cc(C(F)(F)F)c1. The predicted molar refractivity (Wildman–Crippen MR) is 98.9 cm³/mol. The lowest BCUT2D eigenvalue weighted by atomic mass is 10.1. The number of amides is 1. The van der Waals surface area contributed by atoms with Crippen LogP contribution in [0.5, 0.6) is 0 Å². The number of hydrazine groups is 1. The number of carbonyl (C=O) groups is 1. The summed E-state index contributed by atoms with van der Waals surface area (Å²) < 4.78 is 62.8. The molecule has 0 spiro atoms. The van der Waals surface area contributed by atoms with Crippen molar-refractivity contribution < 1.29 is 26.4 Å². The molecule has 0 aliphatic carbocycles. The van der Waals surface area contributed by atoms with Crippen LogP contribution in [0, 0.1) is 6.92 Å². The van der Waals surface area contributed by atoms with Crippen LogP contribution >= 0.6 is 0 Å². The molecule has 0 radical (unpaired) electrons. The number of alkyl halides is 3. The van der Waals surface area contributed by atoms with E-state index in [1.807, 2.05) is 0 Å². The quantitative estimate of drug-likeness (QED) is 0.552. The molecule has 29 heavy (non-hydrogen) atoms. The van der Waals surface area contributed by atoms with Gasteiger partial charge in [0, 0.05) is 23.9 Å². The maximum Gasteiger partial charge on any atom is 0.416 e. The summed E-state index contributed by atoms with van der Waals surface area (Å²) in [5, 5.41) is 4.05.